The number of hydrogen-bond donors (Lipinski definition) is 1. The Labute approximate surface area is 231 Å². The molecule has 1 saturated heterocycles. The molecule has 1 spiro atoms. The van der Waals surface area contributed by atoms with Gasteiger partial charge in [-0.15, -0.1) is 0 Å². The molecule has 1 aromatic heterocycles. The van der Waals surface area contributed by atoms with Gasteiger partial charge in [0.05, 0.1) is 29.0 Å². The van der Waals surface area contributed by atoms with Gasteiger partial charge in [-0.25, -0.2) is 27.0 Å². The van der Waals surface area contributed by atoms with E-state index >= 15 is 0 Å². The van der Waals surface area contributed by atoms with Crippen LogP contribution in [0.3, 0.4) is 0 Å². The summed E-state index contributed by atoms with van der Waals surface area (Å²) in [6.07, 6.45) is 6.23. The van der Waals surface area contributed by atoms with Gasteiger partial charge in [0, 0.05) is 18.4 Å². The average Bonchev–Trinajstić information content (AvgIpc) is 3.48. The topological polar surface area (TPSA) is 111 Å². The first-order valence-electron chi connectivity index (χ1n) is 13.2. The molecule has 3 aliphatic rings. The van der Waals surface area contributed by atoms with Crippen molar-refractivity contribution in [1.82, 2.24) is 19.4 Å². The number of carbonyl (C=O) groups is 2. The molecule has 3 aromatic rings. The van der Waals surface area contributed by atoms with Gasteiger partial charge in [0.1, 0.15) is 11.4 Å². The second-order valence-corrected chi connectivity index (χ2v) is 12.5. The van der Waals surface area contributed by atoms with E-state index in [-0.39, 0.29) is 23.7 Å². The second kappa shape index (κ2) is 9.58. The van der Waals surface area contributed by atoms with Crippen molar-refractivity contribution in [2.45, 2.75) is 49.5 Å². The van der Waals surface area contributed by atoms with Gasteiger partial charge in [-0.05, 0) is 73.7 Å². The molecular formula is C29H29FN4O5S. The van der Waals surface area contributed by atoms with Crippen LogP contribution in [-0.2, 0) is 26.0 Å². The summed E-state index contributed by atoms with van der Waals surface area (Å²) in [5.74, 6) is -1.00. The lowest BCUT2D eigenvalue weighted by molar-refractivity contribution is -0.119. The molecular weight excluding hydrogens is 535 g/mol. The van der Waals surface area contributed by atoms with Crippen LogP contribution in [-0.4, -0.2) is 53.8 Å². The molecule has 2 fully saturated rings. The molecule has 2 aromatic carbocycles. The highest BCUT2D eigenvalue weighted by Gasteiger charge is 2.60. The fourth-order valence-corrected chi connectivity index (χ4v) is 7.29. The van der Waals surface area contributed by atoms with Gasteiger partial charge in [-0.1, -0.05) is 30.7 Å². The SMILES string of the molecule is C[C@]12Cc3cnn(-c4ccc(F)cc4)c3C=C1CCC[C@@]21CN(CCC(=O)NS(=O)(=O)c2ccccc2)C(=O)O1. The Morgan fingerprint density at radius 1 is 1.15 bits per heavy atom. The predicted octanol–water partition coefficient (Wildman–Crippen LogP) is 4.23. The van der Waals surface area contributed by atoms with Gasteiger partial charge >= 0.3 is 6.09 Å². The van der Waals surface area contributed by atoms with E-state index in [1.165, 1.54) is 29.2 Å². The highest BCUT2D eigenvalue weighted by atomic mass is 32.2. The molecule has 9 nitrogen and oxygen atoms in total. The summed E-state index contributed by atoms with van der Waals surface area (Å²) in [7, 11) is -3.99. The van der Waals surface area contributed by atoms with Crippen LogP contribution in [0.2, 0.25) is 0 Å². The highest BCUT2D eigenvalue weighted by Crippen LogP contribution is 2.56. The van der Waals surface area contributed by atoms with E-state index in [1.807, 2.05) is 6.20 Å². The van der Waals surface area contributed by atoms with Crippen LogP contribution in [0.25, 0.3) is 11.8 Å². The van der Waals surface area contributed by atoms with Crippen molar-refractivity contribution in [3.63, 3.8) is 0 Å². The van der Waals surface area contributed by atoms with E-state index < -0.39 is 33.0 Å². The van der Waals surface area contributed by atoms with Crippen LogP contribution in [0, 0.1) is 11.2 Å². The number of hydrogen-bond acceptors (Lipinski definition) is 6. The number of carbonyl (C=O) groups excluding carboxylic acids is 2. The normalized spacial score (nSPS) is 23.8. The molecule has 0 radical (unpaired) electrons. The van der Waals surface area contributed by atoms with Crippen molar-refractivity contribution in [1.29, 1.82) is 0 Å². The largest absolute Gasteiger partial charge is 0.440 e. The zero-order valence-corrected chi connectivity index (χ0v) is 22.8. The van der Waals surface area contributed by atoms with Crippen molar-refractivity contribution < 1.29 is 27.1 Å². The summed E-state index contributed by atoms with van der Waals surface area (Å²) >= 11 is 0. The summed E-state index contributed by atoms with van der Waals surface area (Å²) in [6.45, 7) is 2.46. The van der Waals surface area contributed by atoms with Gasteiger partial charge < -0.3 is 9.64 Å². The standard InChI is InChI=1S/C29H29FN4O5S/c1-28-17-20-18-31-34(23-11-9-22(30)10-12-23)25(20)16-21(28)6-5-14-29(28)19-33(27(36)39-29)15-13-26(35)32-40(37,38)24-7-3-2-4-8-24/h2-4,7-12,16,18H,5-6,13-15,17,19H2,1H3,(H,32,35)/t28-,29+/m0/s1. The minimum Gasteiger partial charge on any atom is -0.440 e. The lowest BCUT2D eigenvalue weighted by atomic mass is 9.57. The third-order valence-corrected chi connectivity index (χ3v) is 9.84. The maximum atomic E-state index is 13.5. The summed E-state index contributed by atoms with van der Waals surface area (Å²) in [6, 6.07) is 13.8. The second-order valence-electron chi connectivity index (χ2n) is 10.9. The first-order valence-corrected chi connectivity index (χ1v) is 14.7. The molecule has 1 saturated carbocycles. The number of amides is 2. The molecule has 1 N–H and O–H groups in total. The maximum Gasteiger partial charge on any atom is 0.410 e. The van der Waals surface area contributed by atoms with E-state index in [0.29, 0.717) is 19.4 Å². The summed E-state index contributed by atoms with van der Waals surface area (Å²) in [5, 5.41) is 4.57. The monoisotopic (exact) mass is 564 g/mol. The van der Waals surface area contributed by atoms with Gasteiger partial charge in [0.25, 0.3) is 10.0 Å². The number of sulfonamides is 1. The molecule has 40 heavy (non-hydrogen) atoms. The summed E-state index contributed by atoms with van der Waals surface area (Å²) < 4.78 is 48.5. The number of ether oxygens (including phenoxy) is 1. The minimum atomic E-state index is -3.99. The van der Waals surface area contributed by atoms with E-state index in [0.717, 1.165) is 35.4 Å². The van der Waals surface area contributed by atoms with Crippen LogP contribution in [0.4, 0.5) is 9.18 Å². The zero-order chi connectivity index (χ0) is 28.1. The van der Waals surface area contributed by atoms with E-state index in [2.05, 4.69) is 22.8 Å². The number of nitrogens with zero attached hydrogens (tertiary/aromatic N) is 3. The molecule has 0 bridgehead atoms. The van der Waals surface area contributed by atoms with Gasteiger partial charge in [0.15, 0.2) is 0 Å². The first kappa shape index (κ1) is 26.2. The summed E-state index contributed by atoms with van der Waals surface area (Å²) in [5.41, 5.74) is 2.62. The molecule has 2 heterocycles. The predicted molar refractivity (Wildman–Crippen MR) is 144 cm³/mol. The van der Waals surface area contributed by atoms with Crippen molar-refractivity contribution >= 4 is 28.1 Å². The maximum absolute atomic E-state index is 13.5. The van der Waals surface area contributed by atoms with E-state index in [1.54, 1.807) is 35.0 Å². The molecule has 6 rings (SSSR count). The molecule has 2 aliphatic carbocycles. The van der Waals surface area contributed by atoms with Crippen LogP contribution < -0.4 is 4.72 Å². The number of fused-ring (bicyclic) bond motifs is 3. The minimum absolute atomic E-state index is 0.00301. The molecule has 11 heteroatoms. The van der Waals surface area contributed by atoms with Crippen LogP contribution in [0.1, 0.15) is 43.9 Å². The fourth-order valence-electron chi connectivity index (χ4n) is 6.25. The Morgan fingerprint density at radius 3 is 2.65 bits per heavy atom. The van der Waals surface area contributed by atoms with Crippen molar-refractivity contribution in [3.05, 3.63) is 83.4 Å². The number of benzene rings is 2. The third kappa shape index (κ3) is 4.38. The van der Waals surface area contributed by atoms with Crippen LogP contribution in [0.5, 0.6) is 0 Å². The summed E-state index contributed by atoms with van der Waals surface area (Å²) in [4.78, 5) is 27.1. The Kier molecular flexibility index (Phi) is 6.29. The lowest BCUT2D eigenvalue weighted by Gasteiger charge is -2.51. The molecule has 0 unspecified atom stereocenters. The van der Waals surface area contributed by atoms with E-state index in [4.69, 9.17) is 4.74 Å². The number of rotatable bonds is 6. The Hall–Kier alpha value is -3.99. The highest BCUT2D eigenvalue weighted by molar-refractivity contribution is 7.90. The Morgan fingerprint density at radius 2 is 1.90 bits per heavy atom. The molecule has 2 amide bonds. The van der Waals surface area contributed by atoms with Gasteiger partial charge in [-0.3, -0.25) is 4.79 Å². The first-order chi connectivity index (χ1) is 19.1. The fraction of sp³-hybridized carbons (Fsp3) is 0.345. The van der Waals surface area contributed by atoms with Crippen molar-refractivity contribution in [2.75, 3.05) is 13.1 Å². The van der Waals surface area contributed by atoms with Crippen molar-refractivity contribution in [3.8, 4) is 5.69 Å². The zero-order valence-electron chi connectivity index (χ0n) is 22.0. The number of halogens is 1. The van der Waals surface area contributed by atoms with Gasteiger partial charge in [-0.2, -0.15) is 5.10 Å². The third-order valence-electron chi connectivity index (χ3n) is 8.45. The quantitative estimate of drug-likeness (QED) is 0.480. The lowest BCUT2D eigenvalue weighted by Crippen LogP contribution is -2.55. The molecule has 1 aliphatic heterocycles. The van der Waals surface area contributed by atoms with Crippen LogP contribution in [0.15, 0.2) is 71.3 Å². The van der Waals surface area contributed by atoms with E-state index in [9.17, 15) is 22.4 Å². The van der Waals surface area contributed by atoms with Gasteiger partial charge in [0.2, 0.25) is 5.91 Å². The Balaban J connectivity index is 1.18. The molecule has 208 valence electrons. The van der Waals surface area contributed by atoms with Crippen LogP contribution >= 0.6 is 0 Å². The smallest absolute Gasteiger partial charge is 0.410 e. The van der Waals surface area contributed by atoms with Crippen molar-refractivity contribution in [2.24, 2.45) is 5.41 Å². The Bertz CT molecular complexity index is 1620. The number of nitrogens with one attached hydrogen (secondary N) is 1. The average molecular weight is 565 g/mol. The molecule has 2 atom stereocenters. The number of aromatic nitrogens is 2.